The summed E-state index contributed by atoms with van der Waals surface area (Å²) in [5.41, 5.74) is 0.833. The molecule has 1 atom stereocenters. The van der Waals surface area contributed by atoms with Crippen molar-refractivity contribution in [1.82, 2.24) is 20.8 Å². The van der Waals surface area contributed by atoms with Crippen molar-refractivity contribution in [3.63, 3.8) is 0 Å². The lowest BCUT2D eigenvalue weighted by Gasteiger charge is -2.08. The molecule has 1 saturated heterocycles. The van der Waals surface area contributed by atoms with E-state index in [1.807, 2.05) is 24.3 Å². The summed E-state index contributed by atoms with van der Waals surface area (Å²) in [6, 6.07) is 7.27. The van der Waals surface area contributed by atoms with Crippen LogP contribution >= 0.6 is 12.4 Å². The van der Waals surface area contributed by atoms with Crippen LogP contribution in [-0.4, -0.2) is 35.7 Å². The van der Waals surface area contributed by atoms with Gasteiger partial charge < -0.3 is 19.9 Å². The molecule has 0 aliphatic carbocycles. The summed E-state index contributed by atoms with van der Waals surface area (Å²) < 4.78 is 10.3. The van der Waals surface area contributed by atoms with E-state index in [0.717, 1.165) is 30.7 Å². The van der Waals surface area contributed by atoms with Crippen molar-refractivity contribution in [2.45, 2.75) is 25.4 Å². The van der Waals surface area contributed by atoms with Gasteiger partial charge in [0.1, 0.15) is 5.75 Å². The third-order valence-electron chi connectivity index (χ3n) is 3.61. The van der Waals surface area contributed by atoms with Crippen LogP contribution in [-0.2, 0) is 11.3 Å². The number of hydrogen-bond acceptors (Lipinski definition) is 6. The summed E-state index contributed by atoms with van der Waals surface area (Å²) in [5.74, 6) is 1.62. The first kappa shape index (κ1) is 17.2. The van der Waals surface area contributed by atoms with E-state index in [4.69, 9.17) is 9.26 Å². The second-order valence-corrected chi connectivity index (χ2v) is 5.11. The van der Waals surface area contributed by atoms with Gasteiger partial charge in [-0.05, 0) is 43.7 Å². The topological polar surface area (TPSA) is 89.3 Å². The van der Waals surface area contributed by atoms with Gasteiger partial charge in [-0.3, -0.25) is 4.79 Å². The van der Waals surface area contributed by atoms with E-state index in [1.165, 1.54) is 0 Å². The molecule has 1 aromatic heterocycles. The average molecular weight is 339 g/mol. The molecule has 1 aliphatic rings. The van der Waals surface area contributed by atoms with Crippen molar-refractivity contribution in [3.05, 3.63) is 30.2 Å². The largest absolute Gasteiger partial charge is 0.497 e. The van der Waals surface area contributed by atoms with Gasteiger partial charge >= 0.3 is 0 Å². The van der Waals surface area contributed by atoms with Gasteiger partial charge in [0.15, 0.2) is 0 Å². The van der Waals surface area contributed by atoms with Crippen LogP contribution < -0.4 is 15.4 Å². The standard InChI is InChI=1S/C15H18N4O3.ClH/c1-21-11-6-4-10(5-7-11)14-18-13(22-19-14)9-17-15(20)12-3-2-8-16-12;/h4-7,12,16H,2-3,8-9H2,1H3,(H,17,20);1H. The van der Waals surface area contributed by atoms with Crippen molar-refractivity contribution in [3.8, 4) is 17.1 Å². The molecule has 0 spiro atoms. The Morgan fingerprint density at radius 3 is 2.87 bits per heavy atom. The number of aromatic nitrogens is 2. The Morgan fingerprint density at radius 1 is 1.43 bits per heavy atom. The first-order chi connectivity index (χ1) is 10.8. The van der Waals surface area contributed by atoms with Crippen LogP contribution in [0.5, 0.6) is 5.75 Å². The summed E-state index contributed by atoms with van der Waals surface area (Å²) in [6.45, 7) is 1.13. The lowest BCUT2D eigenvalue weighted by Crippen LogP contribution is -2.40. The number of nitrogens with zero attached hydrogens (tertiary/aromatic N) is 2. The number of halogens is 1. The smallest absolute Gasteiger partial charge is 0.246 e. The van der Waals surface area contributed by atoms with E-state index in [-0.39, 0.29) is 30.9 Å². The Kier molecular flexibility index (Phi) is 5.95. The second-order valence-electron chi connectivity index (χ2n) is 5.11. The molecule has 1 aliphatic heterocycles. The minimum absolute atomic E-state index is 0. The summed E-state index contributed by atoms with van der Waals surface area (Å²) in [4.78, 5) is 16.2. The van der Waals surface area contributed by atoms with Gasteiger partial charge in [-0.25, -0.2) is 0 Å². The molecule has 1 unspecified atom stereocenters. The molecule has 2 aromatic rings. The van der Waals surface area contributed by atoms with Crippen LogP contribution in [0.15, 0.2) is 28.8 Å². The number of benzene rings is 1. The zero-order valence-electron chi connectivity index (χ0n) is 12.7. The average Bonchev–Trinajstić information content (AvgIpc) is 3.24. The molecule has 23 heavy (non-hydrogen) atoms. The minimum atomic E-state index is -0.107. The van der Waals surface area contributed by atoms with Crippen LogP contribution in [0.2, 0.25) is 0 Å². The summed E-state index contributed by atoms with van der Waals surface area (Å²) in [6.07, 6.45) is 1.90. The lowest BCUT2D eigenvalue weighted by atomic mass is 10.2. The molecule has 2 heterocycles. The van der Waals surface area contributed by atoms with Crippen LogP contribution in [0.25, 0.3) is 11.4 Å². The fraction of sp³-hybridized carbons (Fsp3) is 0.400. The van der Waals surface area contributed by atoms with Gasteiger partial charge in [0, 0.05) is 5.56 Å². The number of methoxy groups -OCH3 is 1. The fourth-order valence-electron chi connectivity index (χ4n) is 2.38. The Morgan fingerprint density at radius 2 is 2.22 bits per heavy atom. The molecular weight excluding hydrogens is 320 g/mol. The summed E-state index contributed by atoms with van der Waals surface area (Å²) in [7, 11) is 1.61. The number of nitrogens with one attached hydrogen (secondary N) is 2. The van der Waals surface area contributed by atoms with E-state index in [0.29, 0.717) is 11.7 Å². The maximum Gasteiger partial charge on any atom is 0.246 e. The van der Waals surface area contributed by atoms with E-state index in [1.54, 1.807) is 7.11 Å². The van der Waals surface area contributed by atoms with Crippen LogP contribution in [0.4, 0.5) is 0 Å². The van der Waals surface area contributed by atoms with Gasteiger partial charge in [-0.2, -0.15) is 4.98 Å². The lowest BCUT2D eigenvalue weighted by molar-refractivity contribution is -0.123. The molecule has 0 saturated carbocycles. The summed E-state index contributed by atoms with van der Waals surface area (Å²) >= 11 is 0. The predicted molar refractivity (Wildman–Crippen MR) is 86.4 cm³/mol. The highest BCUT2D eigenvalue weighted by Gasteiger charge is 2.22. The fourth-order valence-corrected chi connectivity index (χ4v) is 2.38. The molecule has 1 fully saturated rings. The number of ether oxygens (including phenoxy) is 1. The van der Waals surface area contributed by atoms with Crippen molar-refractivity contribution < 1.29 is 14.1 Å². The number of carbonyl (C=O) groups is 1. The molecule has 3 rings (SSSR count). The third kappa shape index (κ3) is 4.20. The molecule has 0 bridgehead atoms. The SMILES string of the molecule is COc1ccc(-c2noc(CNC(=O)C3CCCN3)n2)cc1.Cl. The van der Waals surface area contributed by atoms with E-state index in [9.17, 15) is 4.79 Å². The van der Waals surface area contributed by atoms with Crippen molar-refractivity contribution in [1.29, 1.82) is 0 Å². The Hall–Kier alpha value is -2.12. The van der Waals surface area contributed by atoms with Gasteiger partial charge in [-0.1, -0.05) is 5.16 Å². The van der Waals surface area contributed by atoms with Crippen LogP contribution in [0.3, 0.4) is 0 Å². The Balaban J connectivity index is 0.00000192. The summed E-state index contributed by atoms with van der Waals surface area (Å²) in [5, 5.41) is 9.87. The first-order valence-electron chi connectivity index (χ1n) is 7.24. The number of hydrogen-bond donors (Lipinski definition) is 2. The monoisotopic (exact) mass is 338 g/mol. The van der Waals surface area contributed by atoms with Gasteiger partial charge in [-0.15, -0.1) is 12.4 Å². The highest BCUT2D eigenvalue weighted by Crippen LogP contribution is 2.19. The highest BCUT2D eigenvalue weighted by atomic mass is 35.5. The quantitative estimate of drug-likeness (QED) is 0.859. The van der Waals surface area contributed by atoms with Crippen molar-refractivity contribution in [2.75, 3.05) is 13.7 Å². The zero-order chi connectivity index (χ0) is 15.4. The molecule has 2 N–H and O–H groups in total. The minimum Gasteiger partial charge on any atom is -0.497 e. The van der Waals surface area contributed by atoms with Gasteiger partial charge in [0.25, 0.3) is 0 Å². The highest BCUT2D eigenvalue weighted by molar-refractivity contribution is 5.85. The first-order valence-corrected chi connectivity index (χ1v) is 7.24. The van der Waals surface area contributed by atoms with Crippen molar-refractivity contribution in [2.24, 2.45) is 0 Å². The van der Waals surface area contributed by atoms with E-state index < -0.39 is 0 Å². The van der Waals surface area contributed by atoms with Crippen molar-refractivity contribution >= 4 is 18.3 Å². The van der Waals surface area contributed by atoms with Gasteiger partial charge in [0.2, 0.25) is 17.6 Å². The Labute approximate surface area is 140 Å². The zero-order valence-corrected chi connectivity index (χ0v) is 13.6. The number of amides is 1. The predicted octanol–water partition coefficient (Wildman–Crippen LogP) is 1.54. The van der Waals surface area contributed by atoms with E-state index in [2.05, 4.69) is 20.8 Å². The number of carbonyl (C=O) groups excluding carboxylic acids is 1. The number of rotatable bonds is 5. The molecule has 0 radical (unpaired) electrons. The van der Waals surface area contributed by atoms with Gasteiger partial charge in [0.05, 0.1) is 19.7 Å². The molecule has 124 valence electrons. The normalized spacial score (nSPS) is 16.7. The maximum absolute atomic E-state index is 11.9. The molecule has 7 nitrogen and oxygen atoms in total. The maximum atomic E-state index is 11.9. The molecular formula is C15H19ClN4O3. The molecule has 1 aromatic carbocycles. The Bertz CT molecular complexity index is 638. The third-order valence-corrected chi connectivity index (χ3v) is 3.61. The van der Waals surface area contributed by atoms with Crippen LogP contribution in [0, 0.1) is 0 Å². The molecule has 8 heteroatoms. The second kappa shape index (κ2) is 7.94. The van der Waals surface area contributed by atoms with E-state index >= 15 is 0 Å². The van der Waals surface area contributed by atoms with Crippen LogP contribution in [0.1, 0.15) is 18.7 Å². The molecule has 1 amide bonds.